The van der Waals surface area contributed by atoms with E-state index >= 15 is 0 Å². The van der Waals surface area contributed by atoms with Crippen LogP contribution in [0.2, 0.25) is 0 Å². The van der Waals surface area contributed by atoms with Crippen molar-refractivity contribution in [2.45, 2.75) is 39.2 Å². The summed E-state index contributed by atoms with van der Waals surface area (Å²) in [7, 11) is 0. The van der Waals surface area contributed by atoms with Crippen LogP contribution in [0.5, 0.6) is 0 Å². The van der Waals surface area contributed by atoms with Gasteiger partial charge in [0.2, 0.25) is 0 Å². The zero-order valence-corrected chi connectivity index (χ0v) is 12.2. The van der Waals surface area contributed by atoms with Crippen molar-refractivity contribution in [2.24, 2.45) is 5.92 Å². The zero-order valence-electron chi connectivity index (χ0n) is 12.2. The first-order valence-corrected chi connectivity index (χ1v) is 7.54. The quantitative estimate of drug-likeness (QED) is 0.881. The van der Waals surface area contributed by atoms with Gasteiger partial charge in [0, 0.05) is 24.2 Å². The summed E-state index contributed by atoms with van der Waals surface area (Å²) in [4.78, 5) is 18.1. The third kappa shape index (κ3) is 2.58. The SMILES string of the molecule is CC(C)CCN(C(=O)c1cccc2cc[nH]c12)C1CC1. The number of benzene rings is 1. The number of carbonyl (C=O) groups is 1. The molecule has 1 aliphatic rings. The van der Waals surface area contributed by atoms with Crippen LogP contribution in [0.4, 0.5) is 0 Å². The summed E-state index contributed by atoms with van der Waals surface area (Å²) in [6, 6.07) is 8.43. The summed E-state index contributed by atoms with van der Waals surface area (Å²) < 4.78 is 0. The van der Waals surface area contributed by atoms with Crippen molar-refractivity contribution in [1.29, 1.82) is 0 Å². The fourth-order valence-electron chi connectivity index (χ4n) is 2.65. The highest BCUT2D eigenvalue weighted by atomic mass is 16.2. The molecule has 0 unspecified atom stereocenters. The fraction of sp³-hybridized carbons (Fsp3) is 0.471. The van der Waals surface area contributed by atoms with E-state index in [1.165, 1.54) is 0 Å². The number of nitrogens with zero attached hydrogens (tertiary/aromatic N) is 1. The second-order valence-corrected chi connectivity index (χ2v) is 6.16. The topological polar surface area (TPSA) is 36.1 Å². The van der Waals surface area contributed by atoms with E-state index in [2.05, 4.69) is 23.7 Å². The number of carbonyl (C=O) groups excluding carboxylic acids is 1. The molecule has 1 aliphatic carbocycles. The van der Waals surface area contributed by atoms with Crippen LogP contribution < -0.4 is 0 Å². The number of amides is 1. The Kier molecular flexibility index (Phi) is 3.51. The van der Waals surface area contributed by atoms with Crippen molar-refractivity contribution in [3.63, 3.8) is 0 Å². The summed E-state index contributed by atoms with van der Waals surface area (Å²) in [6.07, 6.45) is 5.29. The second kappa shape index (κ2) is 5.31. The number of aromatic nitrogens is 1. The maximum Gasteiger partial charge on any atom is 0.256 e. The van der Waals surface area contributed by atoms with Crippen molar-refractivity contribution >= 4 is 16.8 Å². The van der Waals surface area contributed by atoms with Gasteiger partial charge in [0.25, 0.3) is 5.91 Å². The molecule has 1 aromatic carbocycles. The maximum atomic E-state index is 12.9. The number of H-pyrrole nitrogens is 1. The van der Waals surface area contributed by atoms with Gasteiger partial charge >= 0.3 is 0 Å². The minimum absolute atomic E-state index is 0.182. The molecule has 20 heavy (non-hydrogen) atoms. The minimum atomic E-state index is 0.182. The van der Waals surface area contributed by atoms with E-state index in [4.69, 9.17) is 0 Å². The fourth-order valence-corrected chi connectivity index (χ4v) is 2.65. The number of rotatable bonds is 5. The molecule has 1 aromatic heterocycles. The molecular formula is C17H22N2O. The van der Waals surface area contributed by atoms with Crippen molar-refractivity contribution in [2.75, 3.05) is 6.54 Å². The summed E-state index contributed by atoms with van der Waals surface area (Å²) in [5.41, 5.74) is 1.77. The molecule has 0 aliphatic heterocycles. The largest absolute Gasteiger partial charge is 0.361 e. The van der Waals surface area contributed by atoms with E-state index < -0.39 is 0 Å². The number of nitrogens with one attached hydrogen (secondary N) is 1. The van der Waals surface area contributed by atoms with Gasteiger partial charge < -0.3 is 9.88 Å². The van der Waals surface area contributed by atoms with Crippen LogP contribution in [0.15, 0.2) is 30.5 Å². The molecule has 1 amide bonds. The predicted molar refractivity (Wildman–Crippen MR) is 81.8 cm³/mol. The Labute approximate surface area is 120 Å². The van der Waals surface area contributed by atoms with Gasteiger partial charge in [0.05, 0.1) is 11.1 Å². The van der Waals surface area contributed by atoms with E-state index in [0.717, 1.165) is 42.3 Å². The van der Waals surface area contributed by atoms with Gasteiger partial charge in [0.1, 0.15) is 0 Å². The van der Waals surface area contributed by atoms with E-state index in [1.807, 2.05) is 30.5 Å². The van der Waals surface area contributed by atoms with Gasteiger partial charge in [-0.3, -0.25) is 4.79 Å². The third-order valence-corrected chi connectivity index (χ3v) is 4.01. The smallest absolute Gasteiger partial charge is 0.256 e. The van der Waals surface area contributed by atoms with Crippen molar-refractivity contribution < 1.29 is 4.79 Å². The lowest BCUT2D eigenvalue weighted by molar-refractivity contribution is 0.0737. The normalized spacial score (nSPS) is 14.9. The summed E-state index contributed by atoms with van der Waals surface area (Å²) in [5, 5.41) is 1.11. The van der Waals surface area contributed by atoms with E-state index in [0.29, 0.717) is 12.0 Å². The maximum absolute atomic E-state index is 12.9. The van der Waals surface area contributed by atoms with Gasteiger partial charge in [-0.1, -0.05) is 26.0 Å². The Morgan fingerprint density at radius 1 is 1.35 bits per heavy atom. The molecule has 3 rings (SSSR count). The summed E-state index contributed by atoms with van der Waals surface area (Å²) in [6.45, 7) is 5.29. The molecule has 0 atom stereocenters. The molecule has 2 aromatic rings. The van der Waals surface area contributed by atoms with Gasteiger partial charge in [-0.2, -0.15) is 0 Å². The first-order chi connectivity index (χ1) is 9.66. The van der Waals surface area contributed by atoms with Gasteiger partial charge in [0.15, 0.2) is 0 Å². The Hall–Kier alpha value is -1.77. The van der Waals surface area contributed by atoms with Crippen molar-refractivity contribution in [3.8, 4) is 0 Å². The van der Waals surface area contributed by atoms with Crippen molar-refractivity contribution in [3.05, 3.63) is 36.0 Å². The minimum Gasteiger partial charge on any atom is -0.361 e. The monoisotopic (exact) mass is 270 g/mol. The number of fused-ring (bicyclic) bond motifs is 1. The number of para-hydroxylation sites is 1. The Morgan fingerprint density at radius 2 is 2.15 bits per heavy atom. The molecular weight excluding hydrogens is 248 g/mol. The van der Waals surface area contributed by atoms with Crippen LogP contribution in [0, 0.1) is 5.92 Å². The van der Waals surface area contributed by atoms with E-state index in [-0.39, 0.29) is 5.91 Å². The number of hydrogen-bond acceptors (Lipinski definition) is 1. The highest BCUT2D eigenvalue weighted by Gasteiger charge is 2.33. The molecule has 106 valence electrons. The van der Waals surface area contributed by atoms with E-state index in [1.54, 1.807) is 0 Å². The zero-order chi connectivity index (χ0) is 14.1. The van der Waals surface area contributed by atoms with Crippen LogP contribution in [-0.2, 0) is 0 Å². The Bertz CT molecular complexity index is 610. The molecule has 3 heteroatoms. The average Bonchev–Trinajstić information content (AvgIpc) is 3.14. The average molecular weight is 270 g/mol. The van der Waals surface area contributed by atoms with Gasteiger partial charge in [-0.15, -0.1) is 0 Å². The van der Waals surface area contributed by atoms with Gasteiger partial charge in [-0.05, 0) is 37.3 Å². The summed E-state index contributed by atoms with van der Waals surface area (Å²) >= 11 is 0. The van der Waals surface area contributed by atoms with Crippen LogP contribution in [0.1, 0.15) is 43.5 Å². The van der Waals surface area contributed by atoms with Crippen molar-refractivity contribution in [1.82, 2.24) is 9.88 Å². The molecule has 1 fully saturated rings. The van der Waals surface area contributed by atoms with Gasteiger partial charge in [-0.25, -0.2) is 0 Å². The Balaban J connectivity index is 1.87. The van der Waals surface area contributed by atoms with Crippen LogP contribution in [0.25, 0.3) is 10.9 Å². The highest BCUT2D eigenvalue weighted by molar-refractivity contribution is 6.05. The molecule has 0 spiro atoms. The predicted octanol–water partition coefficient (Wildman–Crippen LogP) is 3.82. The number of hydrogen-bond donors (Lipinski definition) is 1. The molecule has 3 nitrogen and oxygen atoms in total. The van der Waals surface area contributed by atoms with Crippen LogP contribution in [-0.4, -0.2) is 28.4 Å². The molecule has 1 saturated carbocycles. The molecule has 0 saturated heterocycles. The highest BCUT2D eigenvalue weighted by Crippen LogP contribution is 2.30. The molecule has 1 N–H and O–H groups in total. The summed E-state index contributed by atoms with van der Waals surface area (Å²) in [5.74, 6) is 0.812. The lowest BCUT2D eigenvalue weighted by Crippen LogP contribution is -2.34. The molecule has 1 heterocycles. The molecule has 0 bridgehead atoms. The lowest BCUT2D eigenvalue weighted by Gasteiger charge is -2.23. The number of aromatic amines is 1. The standard InChI is InChI=1S/C17H22N2O/c1-12(2)9-11-19(14-6-7-14)17(20)15-5-3-4-13-8-10-18-16(13)15/h3-5,8,10,12,14,18H,6-7,9,11H2,1-2H3. The van der Waals surface area contributed by atoms with Crippen LogP contribution >= 0.6 is 0 Å². The first-order valence-electron chi connectivity index (χ1n) is 7.54. The third-order valence-electron chi connectivity index (χ3n) is 4.01. The molecule has 0 radical (unpaired) electrons. The Morgan fingerprint density at radius 3 is 2.85 bits per heavy atom. The first kappa shape index (κ1) is 13.2. The van der Waals surface area contributed by atoms with Crippen LogP contribution in [0.3, 0.4) is 0 Å². The van der Waals surface area contributed by atoms with E-state index in [9.17, 15) is 4.79 Å². The second-order valence-electron chi connectivity index (χ2n) is 6.16. The lowest BCUT2D eigenvalue weighted by atomic mass is 10.1.